The molecule has 0 radical (unpaired) electrons. The largest absolute Gasteiger partial charge is 0.352 e. The van der Waals surface area contributed by atoms with Crippen molar-refractivity contribution >= 4 is 23.6 Å². The van der Waals surface area contributed by atoms with Crippen LogP contribution in [0, 0.1) is 11.8 Å². The lowest BCUT2D eigenvalue weighted by atomic mass is 9.85. The Balaban J connectivity index is 1.43. The van der Waals surface area contributed by atoms with E-state index in [1.807, 2.05) is 49.4 Å². The van der Waals surface area contributed by atoms with E-state index in [0.717, 1.165) is 31.2 Å². The lowest BCUT2D eigenvalue weighted by molar-refractivity contribution is -0.144. The van der Waals surface area contributed by atoms with Crippen molar-refractivity contribution in [1.82, 2.24) is 15.1 Å². The van der Waals surface area contributed by atoms with Crippen LogP contribution in [0.5, 0.6) is 0 Å². The summed E-state index contributed by atoms with van der Waals surface area (Å²) in [6.07, 6.45) is 10.5. The van der Waals surface area contributed by atoms with E-state index >= 15 is 0 Å². The van der Waals surface area contributed by atoms with Crippen LogP contribution < -0.4 is 5.32 Å². The van der Waals surface area contributed by atoms with Gasteiger partial charge in [-0.1, -0.05) is 62.2 Å². The molecule has 0 aromatic heterocycles. The van der Waals surface area contributed by atoms with Crippen LogP contribution in [-0.2, 0) is 25.6 Å². The predicted octanol–water partition coefficient (Wildman–Crippen LogP) is 3.24. The molecule has 0 bridgehead atoms. The smallest absolute Gasteiger partial charge is 0.243 e. The number of nitrogens with one attached hydrogen (secondary N) is 1. The van der Waals surface area contributed by atoms with Crippen molar-refractivity contribution in [2.45, 2.75) is 76.8 Å². The number of fused-ring (bicyclic) bond motifs is 1. The molecule has 1 aromatic rings. The number of likely N-dealkylation sites (tertiary alicyclic amines) is 1. The van der Waals surface area contributed by atoms with Gasteiger partial charge in [-0.15, -0.1) is 0 Å². The topological polar surface area (TPSA) is 86.8 Å². The quantitative estimate of drug-likeness (QED) is 0.412. The number of hydrogen-bond donors (Lipinski definition) is 1. The van der Waals surface area contributed by atoms with E-state index < -0.39 is 6.04 Å². The van der Waals surface area contributed by atoms with Crippen LogP contribution in [-0.4, -0.2) is 58.6 Å². The summed E-state index contributed by atoms with van der Waals surface area (Å²) >= 11 is 0. The molecule has 1 aliphatic heterocycles. The van der Waals surface area contributed by atoms with Gasteiger partial charge in [0.2, 0.25) is 23.6 Å². The van der Waals surface area contributed by atoms with Gasteiger partial charge in [0.15, 0.2) is 0 Å². The van der Waals surface area contributed by atoms with E-state index in [-0.39, 0.29) is 54.5 Å². The van der Waals surface area contributed by atoms with Gasteiger partial charge in [0, 0.05) is 25.6 Å². The molecule has 7 heteroatoms. The van der Waals surface area contributed by atoms with Crippen LogP contribution in [0.2, 0.25) is 0 Å². The Morgan fingerprint density at radius 3 is 2.26 bits per heavy atom. The number of carbonyl (C=O) groups is 4. The van der Waals surface area contributed by atoms with Crippen LogP contribution in [0.1, 0.15) is 63.9 Å². The van der Waals surface area contributed by atoms with E-state index in [2.05, 4.69) is 5.32 Å². The highest BCUT2D eigenvalue weighted by molar-refractivity contribution is 6.05. The first kappa shape index (κ1) is 25.1. The second kappa shape index (κ2) is 11.6. The first-order valence-electron chi connectivity index (χ1n) is 13.1. The van der Waals surface area contributed by atoms with E-state index in [9.17, 15) is 19.2 Å². The highest BCUT2D eigenvalue weighted by Gasteiger charge is 2.47. The second-order valence-corrected chi connectivity index (χ2v) is 9.97. The highest BCUT2D eigenvalue weighted by Crippen LogP contribution is 2.35. The Kier molecular flexibility index (Phi) is 8.37. The van der Waals surface area contributed by atoms with E-state index in [1.54, 1.807) is 4.90 Å². The van der Waals surface area contributed by atoms with Crippen molar-refractivity contribution in [2.75, 3.05) is 13.1 Å². The summed E-state index contributed by atoms with van der Waals surface area (Å²) in [5, 5.41) is 3.15. The Morgan fingerprint density at radius 2 is 1.66 bits per heavy atom. The minimum atomic E-state index is -0.566. The SMILES string of the molecule is CC[C@@H](C(=O)NC1CCCC1)N(CCc1ccccc1)C(=O)CCN1C(=O)[C@H]2CC=CC[C@H]2C1=O. The van der Waals surface area contributed by atoms with Gasteiger partial charge in [-0.3, -0.25) is 24.1 Å². The highest BCUT2D eigenvalue weighted by atomic mass is 16.2. The number of hydrogen-bond acceptors (Lipinski definition) is 4. The first-order valence-corrected chi connectivity index (χ1v) is 13.1. The average molecular weight is 480 g/mol. The minimum absolute atomic E-state index is 0.0341. The number of allylic oxidation sites excluding steroid dienone is 2. The molecule has 2 aliphatic carbocycles. The summed E-state index contributed by atoms with van der Waals surface area (Å²) in [4.78, 5) is 55.2. The van der Waals surface area contributed by atoms with Gasteiger partial charge in [-0.05, 0) is 44.1 Å². The number of imide groups is 1. The Bertz CT molecular complexity index is 928. The van der Waals surface area contributed by atoms with E-state index in [0.29, 0.717) is 32.2 Å². The summed E-state index contributed by atoms with van der Waals surface area (Å²) in [7, 11) is 0. The zero-order valence-corrected chi connectivity index (χ0v) is 20.7. The summed E-state index contributed by atoms with van der Waals surface area (Å²) in [6, 6.07) is 9.52. The van der Waals surface area contributed by atoms with Crippen LogP contribution in [0.25, 0.3) is 0 Å². The molecular formula is C28H37N3O4. The molecule has 2 fully saturated rings. The lowest BCUT2D eigenvalue weighted by Crippen LogP contribution is -2.52. The molecule has 1 heterocycles. The molecule has 1 aromatic carbocycles. The summed E-state index contributed by atoms with van der Waals surface area (Å²) in [5.41, 5.74) is 1.10. The molecule has 1 saturated carbocycles. The van der Waals surface area contributed by atoms with Gasteiger partial charge in [0.05, 0.1) is 11.8 Å². The Morgan fingerprint density at radius 1 is 1.03 bits per heavy atom. The van der Waals surface area contributed by atoms with Crippen LogP contribution >= 0.6 is 0 Å². The maximum absolute atomic E-state index is 13.5. The van der Waals surface area contributed by atoms with Crippen LogP contribution in [0.3, 0.4) is 0 Å². The average Bonchev–Trinajstić information content (AvgIpc) is 3.47. The molecule has 0 spiro atoms. The van der Waals surface area contributed by atoms with Crippen LogP contribution in [0.4, 0.5) is 0 Å². The molecule has 35 heavy (non-hydrogen) atoms. The minimum Gasteiger partial charge on any atom is -0.352 e. The van der Waals surface area contributed by atoms with Crippen molar-refractivity contribution in [3.8, 4) is 0 Å². The molecule has 0 unspecified atom stereocenters. The molecule has 3 aliphatic rings. The maximum atomic E-state index is 13.5. The third-order valence-electron chi connectivity index (χ3n) is 7.72. The number of carbonyl (C=O) groups excluding carboxylic acids is 4. The van der Waals surface area contributed by atoms with Crippen molar-refractivity contribution in [3.05, 3.63) is 48.0 Å². The molecule has 1 saturated heterocycles. The second-order valence-electron chi connectivity index (χ2n) is 9.97. The summed E-state index contributed by atoms with van der Waals surface area (Å²) < 4.78 is 0. The van der Waals surface area contributed by atoms with E-state index in [1.165, 1.54) is 4.90 Å². The third kappa shape index (κ3) is 5.82. The normalized spacial score (nSPS) is 22.8. The predicted molar refractivity (Wildman–Crippen MR) is 133 cm³/mol. The lowest BCUT2D eigenvalue weighted by Gasteiger charge is -2.32. The van der Waals surface area contributed by atoms with Gasteiger partial charge in [0.1, 0.15) is 6.04 Å². The summed E-state index contributed by atoms with van der Waals surface area (Å²) in [5.74, 6) is -1.22. The van der Waals surface area contributed by atoms with Gasteiger partial charge < -0.3 is 10.2 Å². The van der Waals surface area contributed by atoms with Crippen molar-refractivity contribution in [1.29, 1.82) is 0 Å². The van der Waals surface area contributed by atoms with E-state index in [4.69, 9.17) is 0 Å². The molecular weight excluding hydrogens is 442 g/mol. The molecule has 188 valence electrons. The zero-order valence-electron chi connectivity index (χ0n) is 20.7. The van der Waals surface area contributed by atoms with Crippen molar-refractivity contribution in [2.24, 2.45) is 11.8 Å². The molecule has 3 atom stereocenters. The molecule has 4 amide bonds. The monoisotopic (exact) mass is 479 g/mol. The standard InChI is InChI=1S/C28H37N3O4/c1-2-24(26(33)29-21-12-6-7-13-21)30(18-16-20-10-4-3-5-11-20)25(32)17-19-31-27(34)22-14-8-9-15-23(22)28(31)35/h3-5,8-11,21-24H,2,6-7,12-19H2,1H3,(H,29,33)/t22-,23+,24-/m0/s1. The van der Waals surface area contributed by atoms with Gasteiger partial charge >= 0.3 is 0 Å². The van der Waals surface area contributed by atoms with Gasteiger partial charge in [-0.25, -0.2) is 0 Å². The first-order chi connectivity index (χ1) is 17.0. The zero-order chi connectivity index (χ0) is 24.8. The molecule has 7 nitrogen and oxygen atoms in total. The number of rotatable bonds is 10. The third-order valence-corrected chi connectivity index (χ3v) is 7.72. The molecule has 1 N–H and O–H groups in total. The number of amides is 4. The number of benzene rings is 1. The summed E-state index contributed by atoms with van der Waals surface area (Å²) in [6.45, 7) is 2.41. The Labute approximate surface area is 207 Å². The van der Waals surface area contributed by atoms with Crippen LogP contribution in [0.15, 0.2) is 42.5 Å². The van der Waals surface area contributed by atoms with Crippen molar-refractivity contribution in [3.63, 3.8) is 0 Å². The van der Waals surface area contributed by atoms with Gasteiger partial charge in [0.25, 0.3) is 0 Å². The number of nitrogens with zero attached hydrogens (tertiary/aromatic N) is 2. The maximum Gasteiger partial charge on any atom is 0.243 e. The molecule has 4 rings (SSSR count). The van der Waals surface area contributed by atoms with Gasteiger partial charge in [-0.2, -0.15) is 0 Å². The van der Waals surface area contributed by atoms with Crippen molar-refractivity contribution < 1.29 is 19.2 Å². The fourth-order valence-electron chi connectivity index (χ4n) is 5.70. The fraction of sp³-hybridized carbons (Fsp3) is 0.571. The fourth-order valence-corrected chi connectivity index (χ4v) is 5.70. The Hall–Kier alpha value is -2.96.